The summed E-state index contributed by atoms with van der Waals surface area (Å²) in [6, 6.07) is 10.8. The average molecular weight is 219 g/mol. The van der Waals surface area contributed by atoms with Gasteiger partial charge in [-0.1, -0.05) is 70.9 Å². The molecule has 1 rings (SSSR count). The van der Waals surface area contributed by atoms with Crippen molar-refractivity contribution in [3.05, 3.63) is 35.9 Å². The van der Waals surface area contributed by atoms with E-state index in [0.717, 1.165) is 12.8 Å². The van der Waals surface area contributed by atoms with E-state index in [2.05, 4.69) is 58.0 Å². The Balaban J connectivity index is 2.92. The molecule has 0 aliphatic carbocycles. The summed E-state index contributed by atoms with van der Waals surface area (Å²) >= 11 is 0. The maximum atomic E-state index is 6.45. The van der Waals surface area contributed by atoms with Crippen molar-refractivity contribution in [1.82, 2.24) is 0 Å². The van der Waals surface area contributed by atoms with Crippen LogP contribution >= 0.6 is 0 Å². The van der Waals surface area contributed by atoms with E-state index in [1.54, 1.807) is 0 Å². The van der Waals surface area contributed by atoms with Crippen molar-refractivity contribution in [3.8, 4) is 0 Å². The van der Waals surface area contributed by atoms with Gasteiger partial charge in [0.2, 0.25) is 0 Å². The molecule has 0 bridgehead atoms. The molecule has 1 heteroatoms. The summed E-state index contributed by atoms with van der Waals surface area (Å²) < 4.78 is 0. The van der Waals surface area contributed by atoms with Crippen LogP contribution in [0.25, 0.3) is 0 Å². The summed E-state index contributed by atoms with van der Waals surface area (Å²) in [7, 11) is 0. The van der Waals surface area contributed by atoms with Crippen LogP contribution in [-0.4, -0.2) is 6.04 Å². The Hall–Kier alpha value is -0.820. The van der Waals surface area contributed by atoms with Gasteiger partial charge in [-0.2, -0.15) is 0 Å². The Labute approximate surface area is 100 Å². The summed E-state index contributed by atoms with van der Waals surface area (Å²) in [5.41, 5.74) is 7.84. The predicted octanol–water partition coefficient (Wildman–Crippen LogP) is 3.73. The Morgan fingerprint density at radius 2 is 1.56 bits per heavy atom. The average Bonchev–Trinajstić information content (AvgIpc) is 2.31. The topological polar surface area (TPSA) is 26.0 Å². The zero-order valence-corrected chi connectivity index (χ0v) is 11.0. The van der Waals surface area contributed by atoms with Crippen molar-refractivity contribution in [1.29, 1.82) is 0 Å². The minimum absolute atomic E-state index is 0.0535. The quantitative estimate of drug-likeness (QED) is 0.802. The Kier molecular flexibility index (Phi) is 4.55. The number of hydrogen-bond donors (Lipinski definition) is 1. The molecule has 1 atom stereocenters. The van der Waals surface area contributed by atoms with E-state index in [1.807, 2.05) is 0 Å². The van der Waals surface area contributed by atoms with E-state index in [4.69, 9.17) is 5.73 Å². The molecule has 0 aliphatic heterocycles. The van der Waals surface area contributed by atoms with Gasteiger partial charge < -0.3 is 5.73 Å². The van der Waals surface area contributed by atoms with Gasteiger partial charge in [0.05, 0.1) is 0 Å². The second-order valence-corrected chi connectivity index (χ2v) is 5.19. The van der Waals surface area contributed by atoms with E-state index in [0.29, 0.717) is 5.92 Å². The largest absolute Gasteiger partial charge is 0.327 e. The lowest BCUT2D eigenvalue weighted by molar-refractivity contribution is 0.282. The zero-order chi connectivity index (χ0) is 12.2. The van der Waals surface area contributed by atoms with Gasteiger partial charge in [0.15, 0.2) is 0 Å². The van der Waals surface area contributed by atoms with Crippen LogP contribution in [0.15, 0.2) is 30.3 Å². The summed E-state index contributed by atoms with van der Waals surface area (Å²) in [5.74, 6) is 0.607. The Morgan fingerprint density at radius 1 is 1.06 bits per heavy atom. The lowest BCUT2D eigenvalue weighted by atomic mass is 9.71. The highest BCUT2D eigenvalue weighted by atomic mass is 14.7. The van der Waals surface area contributed by atoms with Crippen LogP contribution in [0.3, 0.4) is 0 Å². The van der Waals surface area contributed by atoms with Gasteiger partial charge in [-0.25, -0.2) is 0 Å². The van der Waals surface area contributed by atoms with Crippen LogP contribution < -0.4 is 5.73 Å². The monoisotopic (exact) mass is 219 g/mol. The van der Waals surface area contributed by atoms with Crippen molar-refractivity contribution < 1.29 is 0 Å². The van der Waals surface area contributed by atoms with Gasteiger partial charge >= 0.3 is 0 Å². The second-order valence-electron chi connectivity index (χ2n) is 5.19. The van der Waals surface area contributed by atoms with Crippen molar-refractivity contribution in [2.75, 3.05) is 0 Å². The van der Waals surface area contributed by atoms with E-state index in [1.165, 1.54) is 5.56 Å². The Morgan fingerprint density at radius 3 is 2.00 bits per heavy atom. The fourth-order valence-electron chi connectivity index (χ4n) is 2.45. The van der Waals surface area contributed by atoms with Crippen LogP contribution in [0, 0.1) is 5.92 Å². The summed E-state index contributed by atoms with van der Waals surface area (Å²) in [5, 5.41) is 0. The molecular formula is C15H25N. The smallest absolute Gasteiger partial charge is 0.0159 e. The molecule has 1 aromatic carbocycles. The molecule has 1 aromatic rings. The lowest BCUT2D eigenvalue weighted by Gasteiger charge is -2.37. The van der Waals surface area contributed by atoms with E-state index in [9.17, 15) is 0 Å². The fraction of sp³-hybridized carbons (Fsp3) is 0.600. The van der Waals surface area contributed by atoms with Crippen molar-refractivity contribution in [2.24, 2.45) is 11.7 Å². The first-order chi connectivity index (χ1) is 7.54. The van der Waals surface area contributed by atoms with E-state index >= 15 is 0 Å². The highest BCUT2D eigenvalue weighted by molar-refractivity contribution is 5.25. The number of rotatable bonds is 5. The second kappa shape index (κ2) is 5.49. The van der Waals surface area contributed by atoms with Crippen LogP contribution in [0.1, 0.15) is 46.1 Å². The van der Waals surface area contributed by atoms with E-state index in [-0.39, 0.29) is 11.5 Å². The minimum atomic E-state index is 0.0535. The first kappa shape index (κ1) is 13.2. The van der Waals surface area contributed by atoms with Crippen LogP contribution in [0.5, 0.6) is 0 Å². The van der Waals surface area contributed by atoms with Crippen LogP contribution in [0.4, 0.5) is 0 Å². The molecule has 0 radical (unpaired) electrons. The third-order valence-corrected chi connectivity index (χ3v) is 3.91. The van der Waals surface area contributed by atoms with Gasteiger partial charge in [-0.3, -0.25) is 0 Å². The molecule has 0 saturated heterocycles. The molecule has 0 aromatic heterocycles. The zero-order valence-electron chi connectivity index (χ0n) is 11.0. The molecule has 0 saturated carbocycles. The molecule has 2 N–H and O–H groups in total. The molecule has 0 heterocycles. The SMILES string of the molecule is CCC(CC)C(N)C(C)(C)c1ccccc1. The van der Waals surface area contributed by atoms with Gasteiger partial charge in [0.25, 0.3) is 0 Å². The first-order valence-corrected chi connectivity index (χ1v) is 6.35. The molecule has 0 amide bonds. The lowest BCUT2D eigenvalue weighted by Crippen LogP contribution is -2.46. The van der Waals surface area contributed by atoms with Gasteiger partial charge in [0.1, 0.15) is 0 Å². The van der Waals surface area contributed by atoms with Gasteiger partial charge in [-0.05, 0) is 11.5 Å². The van der Waals surface area contributed by atoms with Crippen LogP contribution in [0.2, 0.25) is 0 Å². The normalized spacial score (nSPS) is 14.1. The molecule has 1 unspecified atom stereocenters. The molecule has 16 heavy (non-hydrogen) atoms. The molecule has 0 aliphatic rings. The fourth-order valence-corrected chi connectivity index (χ4v) is 2.45. The maximum Gasteiger partial charge on any atom is 0.0159 e. The van der Waals surface area contributed by atoms with Gasteiger partial charge in [0, 0.05) is 11.5 Å². The number of hydrogen-bond acceptors (Lipinski definition) is 1. The standard InChI is InChI=1S/C15H25N/c1-5-12(6-2)14(16)15(3,4)13-10-8-7-9-11-13/h7-12,14H,5-6,16H2,1-4H3. The third kappa shape index (κ3) is 2.65. The Bertz CT molecular complexity index is 298. The predicted molar refractivity (Wildman–Crippen MR) is 71.5 cm³/mol. The number of nitrogens with two attached hydrogens (primary N) is 1. The molecule has 1 nitrogen and oxygen atoms in total. The van der Waals surface area contributed by atoms with Crippen molar-refractivity contribution >= 4 is 0 Å². The highest BCUT2D eigenvalue weighted by Crippen LogP contribution is 2.31. The number of benzene rings is 1. The molecule has 0 spiro atoms. The maximum absolute atomic E-state index is 6.45. The minimum Gasteiger partial charge on any atom is -0.327 e. The van der Waals surface area contributed by atoms with Crippen molar-refractivity contribution in [2.45, 2.75) is 52.0 Å². The summed E-state index contributed by atoms with van der Waals surface area (Å²) in [6.45, 7) is 8.97. The molecule has 0 fully saturated rings. The molecule has 90 valence electrons. The third-order valence-electron chi connectivity index (χ3n) is 3.91. The van der Waals surface area contributed by atoms with Gasteiger partial charge in [-0.15, -0.1) is 0 Å². The van der Waals surface area contributed by atoms with Crippen molar-refractivity contribution in [3.63, 3.8) is 0 Å². The summed E-state index contributed by atoms with van der Waals surface area (Å²) in [6.07, 6.45) is 2.32. The summed E-state index contributed by atoms with van der Waals surface area (Å²) in [4.78, 5) is 0. The molecular weight excluding hydrogens is 194 g/mol. The van der Waals surface area contributed by atoms with E-state index < -0.39 is 0 Å². The highest BCUT2D eigenvalue weighted by Gasteiger charge is 2.32. The first-order valence-electron chi connectivity index (χ1n) is 6.35. The van der Waals surface area contributed by atoms with Crippen LogP contribution in [-0.2, 0) is 5.41 Å².